The van der Waals surface area contributed by atoms with Crippen LogP contribution in [0.3, 0.4) is 0 Å². The van der Waals surface area contributed by atoms with E-state index in [1.165, 1.54) is 12.1 Å². The largest absolute Gasteiger partial charge is 0.487 e. The van der Waals surface area contributed by atoms with Gasteiger partial charge in [-0.15, -0.1) is 0 Å². The number of ether oxygens (including phenoxy) is 1. The number of carboxylic acids is 2. The van der Waals surface area contributed by atoms with E-state index in [0.717, 1.165) is 11.1 Å². The molecule has 4 N–H and O–H groups in total. The van der Waals surface area contributed by atoms with Crippen molar-refractivity contribution < 1.29 is 24.5 Å². The molecule has 6 nitrogen and oxygen atoms in total. The molecule has 174 valence electrons. The Morgan fingerprint density at radius 2 is 1.31 bits per heavy atom. The Labute approximate surface area is 202 Å². The lowest BCUT2D eigenvalue weighted by atomic mass is 9.94. The van der Waals surface area contributed by atoms with Crippen molar-refractivity contribution in [3.8, 4) is 11.1 Å². The Balaban J connectivity index is 1.86. The zero-order valence-corrected chi connectivity index (χ0v) is 18.7. The van der Waals surface area contributed by atoms with Crippen LogP contribution in [0.5, 0.6) is 0 Å². The van der Waals surface area contributed by atoms with Crippen LogP contribution >= 0.6 is 0 Å². The average Bonchev–Trinajstić information content (AvgIpc) is 2.88. The number of carboxylic acid groups (broad SMARTS) is 2. The molecule has 35 heavy (non-hydrogen) atoms. The van der Waals surface area contributed by atoms with Gasteiger partial charge in [0.15, 0.2) is 0 Å². The molecule has 0 saturated heterocycles. The minimum atomic E-state index is -1.14. The Kier molecular flexibility index (Phi) is 6.93. The van der Waals surface area contributed by atoms with Gasteiger partial charge in [-0.2, -0.15) is 0 Å². The summed E-state index contributed by atoms with van der Waals surface area (Å²) in [5, 5.41) is 19.4. The molecule has 0 spiro atoms. The molecular formula is C29H23NO5. The molecule has 0 aromatic heterocycles. The first kappa shape index (κ1) is 23.3. The van der Waals surface area contributed by atoms with Crippen LogP contribution in [0.4, 0.5) is 5.69 Å². The van der Waals surface area contributed by atoms with E-state index in [-0.39, 0.29) is 23.5 Å². The number of anilines is 1. The van der Waals surface area contributed by atoms with E-state index in [4.69, 9.17) is 15.6 Å². The Morgan fingerprint density at radius 1 is 0.714 bits per heavy atom. The summed E-state index contributed by atoms with van der Waals surface area (Å²) < 4.78 is 6.20. The van der Waals surface area contributed by atoms with Crippen molar-refractivity contribution in [2.45, 2.75) is 6.61 Å². The molecule has 0 atom stereocenters. The summed E-state index contributed by atoms with van der Waals surface area (Å²) >= 11 is 0. The highest BCUT2D eigenvalue weighted by atomic mass is 16.5. The number of rotatable bonds is 8. The topological polar surface area (TPSA) is 110 Å². The zero-order valence-electron chi connectivity index (χ0n) is 18.7. The number of nitrogen functional groups attached to an aromatic ring is 1. The number of aromatic carboxylic acids is 1. The SMILES string of the molecule is Nc1ccc(C(C(=O)O)=C(OCc2ccc(C(=O)O)cc2)c2ccccc2-c2ccccc2)cc1. The fraction of sp³-hybridized carbons (Fsp3) is 0.0345. The predicted octanol–water partition coefficient (Wildman–Crippen LogP) is 5.80. The average molecular weight is 466 g/mol. The highest BCUT2D eigenvalue weighted by Gasteiger charge is 2.23. The van der Waals surface area contributed by atoms with Gasteiger partial charge in [-0.05, 0) is 46.5 Å². The lowest BCUT2D eigenvalue weighted by Crippen LogP contribution is -2.07. The van der Waals surface area contributed by atoms with Crippen LogP contribution < -0.4 is 5.73 Å². The second-order valence-corrected chi connectivity index (χ2v) is 7.83. The maximum absolute atomic E-state index is 12.5. The lowest BCUT2D eigenvalue weighted by Gasteiger charge is -2.18. The summed E-state index contributed by atoms with van der Waals surface area (Å²) in [4.78, 5) is 23.7. The Hall–Kier alpha value is -4.84. The number of nitrogens with two attached hydrogens (primary N) is 1. The maximum Gasteiger partial charge on any atom is 0.340 e. The monoisotopic (exact) mass is 465 g/mol. The zero-order chi connectivity index (χ0) is 24.8. The molecule has 4 aromatic rings. The highest BCUT2D eigenvalue weighted by molar-refractivity contribution is 6.23. The highest BCUT2D eigenvalue weighted by Crippen LogP contribution is 2.35. The molecule has 0 aliphatic rings. The minimum Gasteiger partial charge on any atom is -0.487 e. The van der Waals surface area contributed by atoms with Gasteiger partial charge in [0.05, 0.1) is 5.56 Å². The number of aliphatic carboxylic acids is 1. The molecule has 4 aromatic carbocycles. The van der Waals surface area contributed by atoms with E-state index >= 15 is 0 Å². The number of carbonyl (C=O) groups is 2. The number of hydrogen-bond acceptors (Lipinski definition) is 4. The van der Waals surface area contributed by atoms with Crippen LogP contribution in [-0.2, 0) is 16.1 Å². The summed E-state index contributed by atoms with van der Waals surface area (Å²) in [5.74, 6) is -1.97. The first-order valence-corrected chi connectivity index (χ1v) is 10.9. The van der Waals surface area contributed by atoms with Gasteiger partial charge < -0.3 is 20.7 Å². The second kappa shape index (κ2) is 10.4. The molecule has 0 saturated carbocycles. The standard InChI is InChI=1S/C29H23NO5/c30-23-16-14-21(15-17-23)26(29(33)34)27(35-18-19-10-12-22(13-11-19)28(31)32)25-9-5-4-8-24(25)20-6-2-1-3-7-20/h1-17H,18,30H2,(H,31,32)(H,33,34). The van der Waals surface area contributed by atoms with Gasteiger partial charge in [0.25, 0.3) is 0 Å². The predicted molar refractivity (Wildman–Crippen MR) is 135 cm³/mol. The second-order valence-electron chi connectivity index (χ2n) is 7.83. The van der Waals surface area contributed by atoms with Crippen LogP contribution in [0.2, 0.25) is 0 Å². The number of hydrogen-bond donors (Lipinski definition) is 3. The third kappa shape index (κ3) is 5.39. The van der Waals surface area contributed by atoms with Crippen molar-refractivity contribution in [3.63, 3.8) is 0 Å². The summed E-state index contributed by atoms with van der Waals surface area (Å²) in [6.45, 7) is 0.0457. The van der Waals surface area contributed by atoms with Crippen LogP contribution in [0, 0.1) is 0 Å². The van der Waals surface area contributed by atoms with E-state index < -0.39 is 11.9 Å². The van der Waals surface area contributed by atoms with Crippen molar-refractivity contribution in [1.29, 1.82) is 0 Å². The van der Waals surface area contributed by atoms with Crippen molar-refractivity contribution in [2.75, 3.05) is 5.73 Å². The molecule has 0 heterocycles. The molecule has 0 fully saturated rings. The minimum absolute atomic E-state index is 0.00413. The summed E-state index contributed by atoms with van der Waals surface area (Å²) in [6, 6.07) is 29.9. The molecule has 0 aliphatic heterocycles. The molecule has 4 rings (SSSR count). The van der Waals surface area contributed by atoms with Crippen molar-refractivity contribution in [2.24, 2.45) is 0 Å². The third-order valence-electron chi connectivity index (χ3n) is 5.48. The quantitative estimate of drug-likeness (QED) is 0.131. The third-order valence-corrected chi connectivity index (χ3v) is 5.48. The molecule has 0 aliphatic carbocycles. The summed E-state index contributed by atoms with van der Waals surface area (Å²) in [5.41, 5.74) is 10.00. The van der Waals surface area contributed by atoms with Gasteiger partial charge in [-0.3, -0.25) is 0 Å². The van der Waals surface area contributed by atoms with Crippen molar-refractivity contribution in [3.05, 3.63) is 125 Å². The Morgan fingerprint density at radius 3 is 1.94 bits per heavy atom. The van der Waals surface area contributed by atoms with E-state index in [2.05, 4.69) is 0 Å². The van der Waals surface area contributed by atoms with E-state index in [0.29, 0.717) is 22.4 Å². The Bertz CT molecular complexity index is 1380. The summed E-state index contributed by atoms with van der Waals surface area (Å²) in [6.07, 6.45) is 0. The van der Waals surface area contributed by atoms with Crippen LogP contribution in [0.1, 0.15) is 27.0 Å². The normalized spacial score (nSPS) is 11.4. The van der Waals surface area contributed by atoms with Gasteiger partial charge >= 0.3 is 11.9 Å². The van der Waals surface area contributed by atoms with Crippen LogP contribution in [0.15, 0.2) is 103 Å². The van der Waals surface area contributed by atoms with Gasteiger partial charge in [0, 0.05) is 11.3 Å². The van der Waals surface area contributed by atoms with E-state index in [9.17, 15) is 14.7 Å². The fourth-order valence-corrected chi connectivity index (χ4v) is 3.74. The van der Waals surface area contributed by atoms with Crippen molar-refractivity contribution >= 4 is 29.0 Å². The lowest BCUT2D eigenvalue weighted by molar-refractivity contribution is -0.130. The maximum atomic E-state index is 12.5. The smallest absolute Gasteiger partial charge is 0.340 e. The van der Waals surface area contributed by atoms with Gasteiger partial charge in [-0.25, -0.2) is 9.59 Å². The van der Waals surface area contributed by atoms with E-state index in [1.54, 1.807) is 36.4 Å². The molecule has 0 radical (unpaired) electrons. The first-order valence-electron chi connectivity index (χ1n) is 10.9. The molecule has 0 unspecified atom stereocenters. The molecular weight excluding hydrogens is 442 g/mol. The van der Waals surface area contributed by atoms with Gasteiger partial charge in [0.1, 0.15) is 17.9 Å². The summed E-state index contributed by atoms with van der Waals surface area (Å²) in [7, 11) is 0. The van der Waals surface area contributed by atoms with Crippen LogP contribution in [-0.4, -0.2) is 22.2 Å². The van der Waals surface area contributed by atoms with Crippen molar-refractivity contribution in [1.82, 2.24) is 0 Å². The van der Waals surface area contributed by atoms with Crippen LogP contribution in [0.25, 0.3) is 22.5 Å². The first-order chi connectivity index (χ1) is 16.9. The molecule has 0 amide bonds. The number of benzene rings is 4. The molecule has 0 bridgehead atoms. The van der Waals surface area contributed by atoms with Gasteiger partial charge in [0.2, 0.25) is 0 Å². The van der Waals surface area contributed by atoms with Gasteiger partial charge in [-0.1, -0.05) is 78.9 Å². The molecule has 6 heteroatoms. The fourth-order valence-electron chi connectivity index (χ4n) is 3.74. The van der Waals surface area contributed by atoms with E-state index in [1.807, 2.05) is 54.6 Å².